The highest BCUT2D eigenvalue weighted by atomic mass is 127. The first-order valence-corrected chi connectivity index (χ1v) is 8.33. The first-order valence-electron chi connectivity index (χ1n) is 8.33. The van der Waals surface area contributed by atoms with Crippen LogP contribution in [0.15, 0.2) is 23.2 Å². The molecule has 3 N–H and O–H groups in total. The van der Waals surface area contributed by atoms with Gasteiger partial charge in [-0.15, -0.1) is 24.0 Å². The highest BCUT2D eigenvalue weighted by Crippen LogP contribution is 2.32. The van der Waals surface area contributed by atoms with E-state index in [1.807, 2.05) is 18.2 Å². The molecule has 1 aliphatic heterocycles. The molecule has 2 rings (SSSR count). The number of benzene rings is 1. The van der Waals surface area contributed by atoms with Crippen molar-refractivity contribution in [2.24, 2.45) is 10.7 Å². The molecule has 0 aliphatic carbocycles. The van der Waals surface area contributed by atoms with E-state index in [1.54, 1.807) is 7.11 Å². The summed E-state index contributed by atoms with van der Waals surface area (Å²) < 4.78 is 16.3. The second-order valence-corrected chi connectivity index (χ2v) is 5.75. The Kier molecular flexibility index (Phi) is 10.6. The molecular formula is C17H29IN4O3. The molecule has 25 heavy (non-hydrogen) atoms. The quantitative estimate of drug-likeness (QED) is 0.266. The maximum absolute atomic E-state index is 5.94. The van der Waals surface area contributed by atoms with Crippen LogP contribution in [-0.4, -0.2) is 64.5 Å². The minimum atomic E-state index is 0. The molecular weight excluding hydrogens is 435 g/mol. The summed E-state index contributed by atoms with van der Waals surface area (Å²) in [7, 11) is 3.78. The Morgan fingerprint density at radius 3 is 2.80 bits per heavy atom. The van der Waals surface area contributed by atoms with Crippen LogP contribution in [0.4, 0.5) is 5.69 Å². The summed E-state index contributed by atoms with van der Waals surface area (Å²) in [6.07, 6.45) is 1.84. The number of anilines is 1. The van der Waals surface area contributed by atoms with Crippen molar-refractivity contribution >= 4 is 35.6 Å². The number of nitrogens with zero attached hydrogens (tertiary/aromatic N) is 2. The first kappa shape index (κ1) is 21.8. The third-order valence-corrected chi connectivity index (χ3v) is 3.68. The van der Waals surface area contributed by atoms with Gasteiger partial charge < -0.3 is 30.2 Å². The van der Waals surface area contributed by atoms with Crippen molar-refractivity contribution in [2.75, 3.05) is 58.9 Å². The number of likely N-dealkylation sites (N-methyl/N-ethyl adjacent to an activating group) is 1. The lowest BCUT2D eigenvalue weighted by Crippen LogP contribution is -2.25. The monoisotopic (exact) mass is 464 g/mol. The Morgan fingerprint density at radius 2 is 2.04 bits per heavy atom. The minimum absolute atomic E-state index is 0. The molecule has 0 aromatic heterocycles. The molecule has 0 bridgehead atoms. The van der Waals surface area contributed by atoms with Gasteiger partial charge >= 0.3 is 0 Å². The van der Waals surface area contributed by atoms with Crippen molar-refractivity contribution < 1.29 is 14.2 Å². The van der Waals surface area contributed by atoms with Crippen LogP contribution in [0.3, 0.4) is 0 Å². The number of ether oxygens (including phenoxy) is 3. The number of guanidine groups is 1. The smallest absolute Gasteiger partial charge is 0.193 e. The van der Waals surface area contributed by atoms with Gasteiger partial charge in [0.05, 0.1) is 19.8 Å². The van der Waals surface area contributed by atoms with E-state index in [-0.39, 0.29) is 24.0 Å². The Balaban J connectivity index is 0.00000312. The second-order valence-electron chi connectivity index (χ2n) is 5.75. The van der Waals surface area contributed by atoms with E-state index in [9.17, 15) is 0 Å². The second kappa shape index (κ2) is 12.2. The lowest BCUT2D eigenvalue weighted by Gasteiger charge is -2.15. The van der Waals surface area contributed by atoms with Gasteiger partial charge in [0.15, 0.2) is 17.5 Å². The van der Waals surface area contributed by atoms with E-state index in [0.29, 0.717) is 25.7 Å². The molecule has 0 amide bonds. The summed E-state index contributed by atoms with van der Waals surface area (Å²) in [4.78, 5) is 6.57. The molecule has 0 spiro atoms. The fourth-order valence-corrected chi connectivity index (χ4v) is 2.33. The van der Waals surface area contributed by atoms with E-state index < -0.39 is 0 Å². The van der Waals surface area contributed by atoms with E-state index in [0.717, 1.165) is 49.7 Å². The Morgan fingerprint density at radius 1 is 1.28 bits per heavy atom. The maximum Gasteiger partial charge on any atom is 0.193 e. The largest absolute Gasteiger partial charge is 0.490 e. The molecule has 0 radical (unpaired) electrons. The number of aliphatic imine (C=N–C) groups is 1. The van der Waals surface area contributed by atoms with Crippen LogP contribution in [0.25, 0.3) is 0 Å². The number of nitrogens with two attached hydrogens (primary N) is 1. The average Bonchev–Trinajstić information content (AvgIpc) is 2.81. The van der Waals surface area contributed by atoms with Gasteiger partial charge in [0, 0.05) is 38.4 Å². The van der Waals surface area contributed by atoms with Gasteiger partial charge in [-0.05, 0) is 32.1 Å². The molecule has 0 atom stereocenters. The van der Waals surface area contributed by atoms with Gasteiger partial charge in [-0.3, -0.25) is 4.99 Å². The number of hydrogen-bond donors (Lipinski definition) is 2. The van der Waals surface area contributed by atoms with Gasteiger partial charge in [0.1, 0.15) is 0 Å². The third kappa shape index (κ3) is 8.10. The zero-order valence-electron chi connectivity index (χ0n) is 15.0. The van der Waals surface area contributed by atoms with Crippen molar-refractivity contribution in [3.63, 3.8) is 0 Å². The van der Waals surface area contributed by atoms with Gasteiger partial charge in [-0.25, -0.2) is 0 Å². The molecule has 7 nitrogen and oxygen atoms in total. The predicted octanol–water partition coefficient (Wildman–Crippen LogP) is 2.16. The van der Waals surface area contributed by atoms with Crippen LogP contribution in [0, 0.1) is 0 Å². The number of nitrogens with one attached hydrogen (secondary N) is 1. The lowest BCUT2D eigenvalue weighted by atomic mass is 10.3. The zero-order chi connectivity index (χ0) is 17.2. The fraction of sp³-hybridized carbons (Fsp3) is 0.588. The molecule has 0 unspecified atom stereocenters. The topological polar surface area (TPSA) is 81.3 Å². The average molecular weight is 464 g/mol. The van der Waals surface area contributed by atoms with Gasteiger partial charge in [0.25, 0.3) is 0 Å². The van der Waals surface area contributed by atoms with Crippen molar-refractivity contribution in [1.82, 2.24) is 4.90 Å². The number of rotatable bonds is 8. The standard InChI is InChI=1S/C17H28N4O3.HI/c1-21(9-12-22-2)8-3-7-19-17(18)20-14-5-6-15-16(13-14)24-11-4-10-23-15;/h5-6,13H,3-4,7-12H2,1-2H3,(H3,18,19,20);1H. The normalized spacial score (nSPS) is 14.0. The molecule has 0 fully saturated rings. The van der Waals surface area contributed by atoms with Crippen molar-refractivity contribution in [1.29, 1.82) is 0 Å². The molecule has 1 heterocycles. The molecule has 1 aliphatic rings. The fourth-order valence-electron chi connectivity index (χ4n) is 2.33. The van der Waals surface area contributed by atoms with Crippen LogP contribution in [0.5, 0.6) is 11.5 Å². The number of fused-ring (bicyclic) bond motifs is 1. The molecule has 8 heteroatoms. The maximum atomic E-state index is 5.94. The Bertz CT molecular complexity index is 543. The highest BCUT2D eigenvalue weighted by molar-refractivity contribution is 14.0. The van der Waals surface area contributed by atoms with Gasteiger partial charge in [-0.1, -0.05) is 0 Å². The van der Waals surface area contributed by atoms with E-state index in [2.05, 4.69) is 22.3 Å². The first-order chi connectivity index (χ1) is 11.7. The number of hydrogen-bond acceptors (Lipinski definition) is 5. The van der Waals surface area contributed by atoms with Crippen molar-refractivity contribution in [3.05, 3.63) is 18.2 Å². The summed E-state index contributed by atoms with van der Waals surface area (Å²) >= 11 is 0. The van der Waals surface area contributed by atoms with Crippen molar-refractivity contribution in [3.8, 4) is 11.5 Å². The Labute approximate surface area is 166 Å². The highest BCUT2D eigenvalue weighted by Gasteiger charge is 2.10. The molecule has 0 saturated heterocycles. The summed E-state index contributed by atoms with van der Waals surface area (Å²) in [5.74, 6) is 1.92. The zero-order valence-corrected chi connectivity index (χ0v) is 17.3. The van der Waals surface area contributed by atoms with Crippen LogP contribution < -0.4 is 20.5 Å². The summed E-state index contributed by atoms with van der Waals surface area (Å²) in [6.45, 7) is 4.66. The third-order valence-electron chi connectivity index (χ3n) is 3.68. The summed E-state index contributed by atoms with van der Waals surface area (Å²) in [5, 5.41) is 3.09. The molecule has 1 aromatic rings. The molecule has 142 valence electrons. The number of methoxy groups -OCH3 is 1. The summed E-state index contributed by atoms with van der Waals surface area (Å²) in [6, 6.07) is 5.69. The van der Waals surface area contributed by atoms with Crippen LogP contribution in [0.2, 0.25) is 0 Å². The van der Waals surface area contributed by atoms with Crippen LogP contribution in [-0.2, 0) is 4.74 Å². The predicted molar refractivity (Wildman–Crippen MR) is 112 cm³/mol. The molecule has 1 aromatic carbocycles. The minimum Gasteiger partial charge on any atom is -0.490 e. The van der Waals surface area contributed by atoms with E-state index in [1.165, 1.54) is 0 Å². The number of halogens is 1. The Hall–Kier alpha value is -1.26. The van der Waals surface area contributed by atoms with Crippen LogP contribution >= 0.6 is 24.0 Å². The SMILES string of the molecule is COCCN(C)CCCN=C(N)Nc1ccc2c(c1)OCCCO2.I. The molecule has 0 saturated carbocycles. The van der Waals surface area contributed by atoms with E-state index >= 15 is 0 Å². The lowest BCUT2D eigenvalue weighted by molar-refractivity contribution is 0.161. The van der Waals surface area contributed by atoms with Crippen LogP contribution in [0.1, 0.15) is 12.8 Å². The summed E-state index contributed by atoms with van der Waals surface area (Å²) in [5.41, 5.74) is 6.79. The van der Waals surface area contributed by atoms with Gasteiger partial charge in [-0.2, -0.15) is 0 Å². The van der Waals surface area contributed by atoms with Crippen molar-refractivity contribution in [2.45, 2.75) is 12.8 Å². The van der Waals surface area contributed by atoms with Gasteiger partial charge in [0.2, 0.25) is 0 Å². The van der Waals surface area contributed by atoms with E-state index in [4.69, 9.17) is 19.9 Å².